The summed E-state index contributed by atoms with van der Waals surface area (Å²) in [5.74, 6) is 1.50. The van der Waals surface area contributed by atoms with Crippen molar-refractivity contribution in [2.24, 2.45) is 0 Å². The van der Waals surface area contributed by atoms with Gasteiger partial charge in [-0.15, -0.1) is 0 Å². The Morgan fingerprint density at radius 3 is 2.53 bits per heavy atom. The molecule has 0 radical (unpaired) electrons. The normalized spacial score (nSPS) is 15.4. The number of nitrogens with two attached hydrogens (primary N) is 1. The van der Waals surface area contributed by atoms with E-state index in [1.807, 2.05) is 12.1 Å². The van der Waals surface area contributed by atoms with E-state index in [0.717, 1.165) is 30.2 Å². The molecule has 1 aliphatic heterocycles. The summed E-state index contributed by atoms with van der Waals surface area (Å²) in [5.41, 5.74) is 7.65. The maximum absolute atomic E-state index is 6.04. The fourth-order valence-corrected chi connectivity index (χ4v) is 2.02. The smallest absolute Gasteiger partial charge is 0.163 e. The highest BCUT2D eigenvalue weighted by Gasteiger charge is 2.15. The molecule has 0 fully saturated rings. The van der Waals surface area contributed by atoms with E-state index in [-0.39, 0.29) is 0 Å². The van der Waals surface area contributed by atoms with Crippen molar-refractivity contribution in [2.75, 3.05) is 44.9 Å². The maximum atomic E-state index is 6.04. The molecule has 0 saturated carbocycles. The van der Waals surface area contributed by atoms with Crippen LogP contribution < -0.4 is 20.5 Å². The van der Waals surface area contributed by atoms with Gasteiger partial charge >= 0.3 is 0 Å². The van der Waals surface area contributed by atoms with Gasteiger partial charge in [0.15, 0.2) is 11.5 Å². The van der Waals surface area contributed by atoms with Crippen LogP contribution in [0.25, 0.3) is 0 Å². The molecule has 1 aromatic carbocycles. The second kappa shape index (κ2) is 6.02. The third-order valence-corrected chi connectivity index (χ3v) is 3.13. The highest BCUT2D eigenvalue weighted by molar-refractivity contribution is 5.72. The lowest BCUT2D eigenvalue weighted by Crippen LogP contribution is -2.23. The third-order valence-electron chi connectivity index (χ3n) is 3.13. The Bertz CT molecular complexity index is 435. The molecule has 1 aliphatic rings. The first-order chi connectivity index (χ1) is 9.06. The van der Waals surface area contributed by atoms with Crippen molar-refractivity contribution >= 4 is 11.4 Å². The van der Waals surface area contributed by atoms with Gasteiger partial charge in [-0.1, -0.05) is 0 Å². The monoisotopic (exact) mass is 265 g/mol. The van der Waals surface area contributed by atoms with Crippen LogP contribution in [0.2, 0.25) is 0 Å². The highest BCUT2D eigenvalue weighted by Crippen LogP contribution is 2.37. The first-order valence-corrected chi connectivity index (χ1v) is 6.66. The first-order valence-electron chi connectivity index (χ1n) is 6.66. The number of ether oxygens (including phenoxy) is 2. The van der Waals surface area contributed by atoms with Crippen LogP contribution in [-0.2, 0) is 0 Å². The predicted octanol–water partition coefficient (Wildman–Crippen LogP) is 1.79. The number of hydrogen-bond acceptors (Lipinski definition) is 5. The van der Waals surface area contributed by atoms with Crippen LogP contribution >= 0.6 is 0 Å². The average molecular weight is 265 g/mol. The summed E-state index contributed by atoms with van der Waals surface area (Å²) < 4.78 is 11.1. The van der Waals surface area contributed by atoms with Crippen molar-refractivity contribution in [1.29, 1.82) is 0 Å². The number of hydrogen-bond donors (Lipinski definition) is 2. The number of fused-ring (bicyclic) bond motifs is 1. The van der Waals surface area contributed by atoms with Crippen molar-refractivity contribution < 1.29 is 9.47 Å². The minimum atomic E-state index is 0.354. The van der Waals surface area contributed by atoms with Gasteiger partial charge in [-0.3, -0.25) is 0 Å². The van der Waals surface area contributed by atoms with Gasteiger partial charge < -0.3 is 25.4 Å². The molecule has 106 valence electrons. The SMILES string of the molecule is CC(CCN(C)C)Nc1cc2c(cc1N)OCCO2. The molecule has 1 heterocycles. The van der Waals surface area contributed by atoms with Gasteiger partial charge in [0.25, 0.3) is 0 Å². The van der Waals surface area contributed by atoms with E-state index in [1.165, 1.54) is 0 Å². The lowest BCUT2D eigenvalue weighted by molar-refractivity contribution is 0.172. The Hall–Kier alpha value is -1.62. The lowest BCUT2D eigenvalue weighted by Gasteiger charge is -2.23. The van der Waals surface area contributed by atoms with Gasteiger partial charge in [-0.25, -0.2) is 0 Å². The quantitative estimate of drug-likeness (QED) is 0.795. The van der Waals surface area contributed by atoms with Crippen LogP contribution in [0.5, 0.6) is 11.5 Å². The number of nitrogen functional groups attached to an aromatic ring is 1. The van der Waals surface area contributed by atoms with Gasteiger partial charge in [0.2, 0.25) is 0 Å². The number of nitrogens with zero attached hydrogens (tertiary/aromatic N) is 1. The third kappa shape index (κ3) is 3.67. The number of rotatable bonds is 5. The second-order valence-electron chi connectivity index (χ2n) is 5.22. The van der Waals surface area contributed by atoms with Gasteiger partial charge in [-0.2, -0.15) is 0 Å². The van der Waals surface area contributed by atoms with E-state index in [0.29, 0.717) is 24.9 Å². The minimum absolute atomic E-state index is 0.354. The summed E-state index contributed by atoms with van der Waals surface area (Å²) in [5, 5.41) is 3.43. The Kier molecular flexibility index (Phi) is 4.37. The van der Waals surface area contributed by atoms with Crippen molar-refractivity contribution in [3.8, 4) is 11.5 Å². The summed E-state index contributed by atoms with van der Waals surface area (Å²) in [4.78, 5) is 2.17. The maximum Gasteiger partial charge on any atom is 0.163 e. The zero-order chi connectivity index (χ0) is 13.8. The molecule has 0 aromatic heterocycles. The van der Waals surface area contributed by atoms with Crippen molar-refractivity contribution in [1.82, 2.24) is 4.90 Å². The Balaban J connectivity index is 2.03. The van der Waals surface area contributed by atoms with Crippen molar-refractivity contribution in [3.63, 3.8) is 0 Å². The molecule has 5 heteroatoms. The van der Waals surface area contributed by atoms with Crippen LogP contribution in [0.4, 0.5) is 11.4 Å². The number of anilines is 2. The minimum Gasteiger partial charge on any atom is -0.486 e. The van der Waals surface area contributed by atoms with Crippen LogP contribution in [0.3, 0.4) is 0 Å². The van der Waals surface area contributed by atoms with E-state index in [9.17, 15) is 0 Å². The summed E-state index contributed by atoms with van der Waals surface area (Å²) in [6.07, 6.45) is 1.06. The first kappa shape index (κ1) is 13.8. The molecule has 0 aliphatic carbocycles. The topological polar surface area (TPSA) is 59.8 Å². The van der Waals surface area contributed by atoms with E-state index in [4.69, 9.17) is 15.2 Å². The van der Waals surface area contributed by atoms with Gasteiger partial charge in [0, 0.05) is 18.2 Å². The molecule has 1 unspecified atom stereocenters. The standard InChI is InChI=1S/C14H23N3O2/c1-10(4-5-17(2)3)16-12-9-14-13(8-11(12)15)18-6-7-19-14/h8-10,16H,4-7,15H2,1-3H3. The van der Waals surface area contributed by atoms with Crippen LogP contribution in [0, 0.1) is 0 Å². The fraction of sp³-hybridized carbons (Fsp3) is 0.571. The van der Waals surface area contributed by atoms with Gasteiger partial charge in [0.05, 0.1) is 11.4 Å². The van der Waals surface area contributed by atoms with Crippen molar-refractivity contribution in [3.05, 3.63) is 12.1 Å². The molecule has 19 heavy (non-hydrogen) atoms. The molecule has 0 amide bonds. The summed E-state index contributed by atoms with van der Waals surface area (Å²) in [7, 11) is 4.15. The zero-order valence-corrected chi connectivity index (χ0v) is 11.9. The molecule has 1 atom stereocenters. The number of nitrogens with one attached hydrogen (secondary N) is 1. The fourth-order valence-electron chi connectivity index (χ4n) is 2.02. The second-order valence-corrected chi connectivity index (χ2v) is 5.22. The van der Waals surface area contributed by atoms with Crippen molar-refractivity contribution in [2.45, 2.75) is 19.4 Å². The molecular formula is C14H23N3O2. The largest absolute Gasteiger partial charge is 0.486 e. The lowest BCUT2D eigenvalue weighted by atomic mass is 10.2. The van der Waals surface area contributed by atoms with Crippen LogP contribution in [-0.4, -0.2) is 44.8 Å². The molecule has 0 saturated heterocycles. The molecule has 0 bridgehead atoms. The predicted molar refractivity (Wildman–Crippen MR) is 78.1 cm³/mol. The molecule has 3 N–H and O–H groups in total. The zero-order valence-electron chi connectivity index (χ0n) is 11.9. The molecule has 0 spiro atoms. The average Bonchev–Trinajstić information content (AvgIpc) is 2.37. The molecule has 2 rings (SSSR count). The molecular weight excluding hydrogens is 242 g/mol. The van der Waals surface area contributed by atoms with Gasteiger partial charge in [0.1, 0.15) is 13.2 Å². The van der Waals surface area contributed by atoms with Gasteiger partial charge in [-0.05, 0) is 34.0 Å². The van der Waals surface area contributed by atoms with E-state index < -0.39 is 0 Å². The Labute approximate surface area is 114 Å². The van der Waals surface area contributed by atoms with Crippen LogP contribution in [0.15, 0.2) is 12.1 Å². The summed E-state index contributed by atoms with van der Waals surface area (Å²) in [6.45, 7) is 4.36. The molecule has 1 aromatic rings. The van der Waals surface area contributed by atoms with E-state index in [2.05, 4.69) is 31.2 Å². The summed E-state index contributed by atoms with van der Waals surface area (Å²) in [6, 6.07) is 4.11. The highest BCUT2D eigenvalue weighted by atomic mass is 16.6. The van der Waals surface area contributed by atoms with Crippen LogP contribution in [0.1, 0.15) is 13.3 Å². The van der Waals surface area contributed by atoms with E-state index in [1.54, 1.807) is 0 Å². The Morgan fingerprint density at radius 2 is 1.89 bits per heavy atom. The van der Waals surface area contributed by atoms with E-state index >= 15 is 0 Å². The summed E-state index contributed by atoms with van der Waals surface area (Å²) >= 11 is 0. The molecule has 5 nitrogen and oxygen atoms in total. The number of benzene rings is 1. The Morgan fingerprint density at radius 1 is 1.26 bits per heavy atom.